The van der Waals surface area contributed by atoms with Crippen molar-refractivity contribution in [2.45, 2.75) is 52.9 Å². The molecule has 0 saturated heterocycles. The maximum absolute atomic E-state index is 10.2. The van der Waals surface area contributed by atoms with Crippen LogP contribution in [0.1, 0.15) is 52.9 Å². The van der Waals surface area contributed by atoms with Gasteiger partial charge in [-0.1, -0.05) is 33.3 Å². The normalized spacial score (nSPS) is 10.1. The summed E-state index contributed by atoms with van der Waals surface area (Å²) in [6.07, 6.45) is 8.58. The van der Waals surface area contributed by atoms with E-state index in [4.69, 9.17) is 0 Å². The Hall–Kier alpha value is -0.920. The third kappa shape index (κ3) is 13.7. The van der Waals surface area contributed by atoms with E-state index >= 15 is 0 Å². The van der Waals surface area contributed by atoms with Gasteiger partial charge in [0.2, 0.25) is 0 Å². The van der Waals surface area contributed by atoms with Crippen LogP contribution >= 0.6 is 0 Å². The Balaban J connectivity index is 0. The average molecular weight is 198 g/mol. The highest BCUT2D eigenvalue weighted by Crippen LogP contribution is 1.99. The van der Waals surface area contributed by atoms with Gasteiger partial charge in [-0.05, 0) is 24.8 Å². The smallest absolute Gasteiger partial charge is 0.145 e. The van der Waals surface area contributed by atoms with Crippen molar-refractivity contribution in [1.82, 2.24) is 0 Å². The lowest BCUT2D eigenvalue weighted by Crippen LogP contribution is -1.80. The molecule has 0 aliphatic heterocycles. The van der Waals surface area contributed by atoms with Crippen molar-refractivity contribution < 1.29 is 9.59 Å². The standard InChI is InChI=1S/C8H14O.C4H8O/c1-3-5-6-8(4-2)7-9;1-2-3-4-5/h6-7H,3-5H2,1-2H3;4H,2-3H2,1H3/b8-6+;. The van der Waals surface area contributed by atoms with E-state index in [2.05, 4.69) is 6.92 Å². The van der Waals surface area contributed by atoms with Gasteiger partial charge in [0.1, 0.15) is 12.6 Å². The zero-order chi connectivity index (χ0) is 11.2. The van der Waals surface area contributed by atoms with E-state index in [-0.39, 0.29) is 0 Å². The predicted molar refractivity (Wildman–Crippen MR) is 60.3 cm³/mol. The summed E-state index contributed by atoms with van der Waals surface area (Å²) in [5, 5.41) is 0. The van der Waals surface area contributed by atoms with Gasteiger partial charge in [-0.3, -0.25) is 4.79 Å². The number of hydrogen-bond donors (Lipinski definition) is 0. The average Bonchev–Trinajstić information content (AvgIpc) is 2.22. The SMILES string of the molecule is CCC/C=C(/C=O)CC.CCCC=O. The van der Waals surface area contributed by atoms with Crippen molar-refractivity contribution in [1.29, 1.82) is 0 Å². The zero-order valence-corrected chi connectivity index (χ0v) is 9.58. The molecule has 0 aromatic carbocycles. The summed E-state index contributed by atoms with van der Waals surface area (Å²) < 4.78 is 0. The Morgan fingerprint density at radius 2 is 1.57 bits per heavy atom. The van der Waals surface area contributed by atoms with Crippen molar-refractivity contribution in [3.8, 4) is 0 Å². The van der Waals surface area contributed by atoms with Crippen LogP contribution in [0.2, 0.25) is 0 Å². The van der Waals surface area contributed by atoms with Crippen LogP contribution in [0.4, 0.5) is 0 Å². The number of aldehydes is 2. The summed E-state index contributed by atoms with van der Waals surface area (Å²) in [6.45, 7) is 6.08. The van der Waals surface area contributed by atoms with Crippen LogP contribution in [-0.4, -0.2) is 12.6 Å². The first-order chi connectivity index (χ1) is 6.76. The van der Waals surface area contributed by atoms with Crippen molar-refractivity contribution in [3.63, 3.8) is 0 Å². The summed E-state index contributed by atoms with van der Waals surface area (Å²) in [5.41, 5.74) is 0.928. The molecule has 0 atom stereocenters. The molecule has 2 heteroatoms. The number of carbonyl (C=O) groups is 2. The van der Waals surface area contributed by atoms with Gasteiger partial charge in [-0.15, -0.1) is 0 Å². The van der Waals surface area contributed by atoms with E-state index < -0.39 is 0 Å². The summed E-state index contributed by atoms with van der Waals surface area (Å²) in [4.78, 5) is 19.6. The second-order valence-corrected chi connectivity index (χ2v) is 2.99. The monoisotopic (exact) mass is 198 g/mol. The zero-order valence-electron chi connectivity index (χ0n) is 9.58. The Morgan fingerprint density at radius 3 is 1.79 bits per heavy atom. The van der Waals surface area contributed by atoms with Crippen LogP contribution in [0.3, 0.4) is 0 Å². The molecule has 0 aliphatic rings. The molecule has 0 heterocycles. The molecule has 0 spiro atoms. The van der Waals surface area contributed by atoms with Gasteiger partial charge in [0, 0.05) is 6.42 Å². The van der Waals surface area contributed by atoms with Crippen molar-refractivity contribution in [2.75, 3.05) is 0 Å². The molecule has 0 fully saturated rings. The number of hydrogen-bond acceptors (Lipinski definition) is 2. The summed E-state index contributed by atoms with van der Waals surface area (Å²) in [5.74, 6) is 0. The Bertz CT molecular complexity index is 160. The lowest BCUT2D eigenvalue weighted by atomic mass is 10.2. The Labute approximate surface area is 87.4 Å². The van der Waals surface area contributed by atoms with Crippen molar-refractivity contribution in [2.24, 2.45) is 0 Å². The number of allylic oxidation sites excluding steroid dienone is 2. The highest BCUT2D eigenvalue weighted by atomic mass is 16.1. The fourth-order valence-electron chi connectivity index (χ4n) is 0.723. The first kappa shape index (κ1) is 15.5. The molecule has 0 N–H and O–H groups in total. The molecule has 0 aromatic rings. The molecule has 82 valence electrons. The molecule has 0 amide bonds. The number of rotatable bonds is 6. The number of unbranched alkanes of at least 4 members (excludes halogenated alkanes) is 2. The molecule has 14 heavy (non-hydrogen) atoms. The highest BCUT2D eigenvalue weighted by molar-refractivity contribution is 5.72. The van der Waals surface area contributed by atoms with Crippen LogP contribution in [-0.2, 0) is 9.59 Å². The first-order valence-corrected chi connectivity index (χ1v) is 5.34. The quantitative estimate of drug-likeness (QED) is 0.484. The second-order valence-electron chi connectivity index (χ2n) is 2.99. The first-order valence-electron chi connectivity index (χ1n) is 5.34. The summed E-state index contributed by atoms with van der Waals surface area (Å²) in [6, 6.07) is 0. The van der Waals surface area contributed by atoms with Gasteiger partial charge in [-0.25, -0.2) is 0 Å². The fourth-order valence-corrected chi connectivity index (χ4v) is 0.723. The lowest BCUT2D eigenvalue weighted by Gasteiger charge is -1.90. The van der Waals surface area contributed by atoms with Crippen LogP contribution in [0.25, 0.3) is 0 Å². The van der Waals surface area contributed by atoms with Crippen molar-refractivity contribution >= 4 is 12.6 Å². The number of carbonyl (C=O) groups excluding carboxylic acids is 2. The molecule has 0 bridgehead atoms. The Morgan fingerprint density at radius 1 is 1.00 bits per heavy atom. The van der Waals surface area contributed by atoms with E-state index in [0.717, 1.165) is 43.8 Å². The van der Waals surface area contributed by atoms with Crippen LogP contribution < -0.4 is 0 Å². The van der Waals surface area contributed by atoms with Gasteiger partial charge < -0.3 is 4.79 Å². The van der Waals surface area contributed by atoms with Crippen LogP contribution in [0.5, 0.6) is 0 Å². The van der Waals surface area contributed by atoms with E-state index in [9.17, 15) is 9.59 Å². The van der Waals surface area contributed by atoms with Gasteiger partial charge in [0.05, 0.1) is 0 Å². The lowest BCUT2D eigenvalue weighted by molar-refractivity contribution is -0.108. The third-order valence-electron chi connectivity index (χ3n) is 1.66. The molecule has 0 radical (unpaired) electrons. The minimum Gasteiger partial charge on any atom is -0.303 e. The molecule has 0 unspecified atom stereocenters. The molecule has 0 rings (SSSR count). The topological polar surface area (TPSA) is 34.1 Å². The Kier molecular flexibility index (Phi) is 16.2. The molecular formula is C12H22O2. The molecular weight excluding hydrogens is 176 g/mol. The highest BCUT2D eigenvalue weighted by Gasteiger charge is 1.86. The minimum atomic E-state index is 0.708. The molecule has 2 nitrogen and oxygen atoms in total. The third-order valence-corrected chi connectivity index (χ3v) is 1.66. The maximum atomic E-state index is 10.2. The summed E-state index contributed by atoms with van der Waals surface area (Å²) in [7, 11) is 0. The maximum Gasteiger partial charge on any atom is 0.145 e. The molecule has 0 aromatic heterocycles. The second kappa shape index (κ2) is 14.6. The van der Waals surface area contributed by atoms with Gasteiger partial charge in [0.25, 0.3) is 0 Å². The summed E-state index contributed by atoms with van der Waals surface area (Å²) >= 11 is 0. The van der Waals surface area contributed by atoms with Crippen LogP contribution in [0.15, 0.2) is 11.6 Å². The van der Waals surface area contributed by atoms with Gasteiger partial charge in [0.15, 0.2) is 0 Å². The molecule has 0 saturated carbocycles. The van der Waals surface area contributed by atoms with Gasteiger partial charge >= 0.3 is 0 Å². The van der Waals surface area contributed by atoms with Gasteiger partial charge in [-0.2, -0.15) is 0 Å². The van der Waals surface area contributed by atoms with E-state index in [1.807, 2.05) is 19.9 Å². The van der Waals surface area contributed by atoms with E-state index in [1.54, 1.807) is 0 Å². The molecule has 0 aliphatic carbocycles. The van der Waals surface area contributed by atoms with Crippen molar-refractivity contribution in [3.05, 3.63) is 11.6 Å². The van der Waals surface area contributed by atoms with E-state index in [1.165, 1.54) is 0 Å². The van der Waals surface area contributed by atoms with E-state index in [0.29, 0.717) is 6.42 Å². The largest absolute Gasteiger partial charge is 0.303 e. The minimum absolute atomic E-state index is 0.708. The fraction of sp³-hybridized carbons (Fsp3) is 0.667. The predicted octanol–water partition coefficient (Wildman–Crippen LogP) is 3.31. The van der Waals surface area contributed by atoms with Crippen LogP contribution in [0, 0.1) is 0 Å².